The molecule has 0 saturated carbocycles. The highest BCUT2D eigenvalue weighted by molar-refractivity contribution is 5.94. The van der Waals surface area contributed by atoms with E-state index in [9.17, 15) is 19.5 Å². The Morgan fingerprint density at radius 1 is 1.26 bits per heavy atom. The van der Waals surface area contributed by atoms with Crippen LogP contribution in [0.4, 0.5) is 0 Å². The zero-order valence-corrected chi connectivity index (χ0v) is 9.80. The molecule has 0 atom stereocenters. The summed E-state index contributed by atoms with van der Waals surface area (Å²) in [6.45, 7) is 0. The lowest BCUT2D eigenvalue weighted by atomic mass is 10.0. The Morgan fingerprint density at radius 2 is 1.89 bits per heavy atom. The Bertz CT molecular complexity index is 725. The van der Waals surface area contributed by atoms with Crippen LogP contribution in [-0.4, -0.2) is 23.3 Å². The molecule has 1 aromatic heterocycles. The second-order valence-corrected chi connectivity index (χ2v) is 3.61. The van der Waals surface area contributed by atoms with Crippen LogP contribution in [0.15, 0.2) is 38.4 Å². The molecule has 7 heteroatoms. The highest BCUT2D eigenvalue weighted by atomic mass is 16.5. The summed E-state index contributed by atoms with van der Waals surface area (Å²) >= 11 is 0. The fourth-order valence-electron chi connectivity index (χ4n) is 1.56. The lowest BCUT2D eigenvalue weighted by Gasteiger charge is -2.05. The molecule has 98 valence electrons. The van der Waals surface area contributed by atoms with E-state index in [2.05, 4.69) is 14.4 Å². The second kappa shape index (κ2) is 4.81. The fourth-order valence-corrected chi connectivity index (χ4v) is 1.56. The van der Waals surface area contributed by atoms with Crippen molar-refractivity contribution in [1.29, 1.82) is 0 Å². The number of carbonyl (C=O) groups is 1. The third-order valence-corrected chi connectivity index (χ3v) is 2.45. The zero-order chi connectivity index (χ0) is 14.0. The number of methoxy groups -OCH3 is 1. The smallest absolute Gasteiger partial charge is 0.403 e. The highest BCUT2D eigenvalue weighted by Crippen LogP contribution is 2.21. The van der Waals surface area contributed by atoms with Crippen LogP contribution in [0, 0.1) is 0 Å². The molecule has 1 aromatic carbocycles. The molecule has 2 N–H and O–H groups in total. The Balaban J connectivity index is 2.76. The number of phenolic OH excluding ortho intramolecular Hbond substituents is 1. The van der Waals surface area contributed by atoms with Gasteiger partial charge in [-0.2, -0.15) is 0 Å². The minimum Gasteiger partial charge on any atom is -0.508 e. The summed E-state index contributed by atoms with van der Waals surface area (Å²) in [5.41, 5.74) is -2.24. The van der Waals surface area contributed by atoms with E-state index >= 15 is 0 Å². The Morgan fingerprint density at radius 3 is 2.47 bits per heavy atom. The molecular weight excluding hydrogens is 254 g/mol. The predicted octanol–water partition coefficient (Wildman–Crippen LogP) is 0.487. The van der Waals surface area contributed by atoms with E-state index in [1.54, 1.807) is 0 Å². The third kappa shape index (κ3) is 2.25. The number of nitrogens with one attached hydrogen (secondary N) is 1. The van der Waals surface area contributed by atoms with Crippen LogP contribution >= 0.6 is 0 Å². The van der Waals surface area contributed by atoms with Gasteiger partial charge < -0.3 is 14.4 Å². The first-order chi connectivity index (χ1) is 9.04. The molecule has 0 radical (unpaired) electrons. The van der Waals surface area contributed by atoms with Gasteiger partial charge in [0.05, 0.1) is 12.7 Å². The van der Waals surface area contributed by atoms with E-state index in [0.29, 0.717) is 0 Å². The molecule has 0 aliphatic heterocycles. The maximum absolute atomic E-state index is 11.8. The third-order valence-electron chi connectivity index (χ3n) is 2.45. The van der Waals surface area contributed by atoms with Crippen molar-refractivity contribution >= 4 is 5.97 Å². The van der Waals surface area contributed by atoms with Gasteiger partial charge in [-0.05, 0) is 17.7 Å². The number of aromatic hydroxyl groups is 1. The molecule has 0 saturated heterocycles. The molecule has 1 heterocycles. The van der Waals surface area contributed by atoms with Crippen molar-refractivity contribution in [2.24, 2.45) is 0 Å². The Labute approximate surface area is 106 Å². The van der Waals surface area contributed by atoms with E-state index in [0.717, 1.165) is 7.11 Å². The van der Waals surface area contributed by atoms with Gasteiger partial charge >= 0.3 is 11.6 Å². The quantitative estimate of drug-likeness (QED) is 0.602. The van der Waals surface area contributed by atoms with E-state index in [1.165, 1.54) is 24.3 Å². The van der Waals surface area contributed by atoms with Crippen molar-refractivity contribution in [2.45, 2.75) is 0 Å². The highest BCUT2D eigenvalue weighted by Gasteiger charge is 2.20. The lowest BCUT2D eigenvalue weighted by molar-refractivity contribution is 0.0584. The molecule has 0 spiro atoms. The van der Waals surface area contributed by atoms with E-state index in [4.69, 9.17) is 0 Å². The molecular formula is C12H9NO6. The van der Waals surface area contributed by atoms with E-state index in [1.807, 2.05) is 0 Å². The van der Waals surface area contributed by atoms with Crippen LogP contribution in [0.5, 0.6) is 5.75 Å². The Hall–Kier alpha value is -2.83. The normalized spacial score (nSPS) is 10.2. The number of ether oxygens (including phenoxy) is 1. The van der Waals surface area contributed by atoms with Crippen LogP contribution in [0.25, 0.3) is 11.1 Å². The number of carbonyl (C=O) groups excluding carboxylic acids is 1. The summed E-state index contributed by atoms with van der Waals surface area (Å²) in [6, 6.07) is 5.44. The standard InChI is InChI=1S/C12H9NO6/c1-18-11(16)9-8(10(15)12(17)19-13-9)6-2-4-7(14)5-3-6/h2-5,13-14H,1H3. The van der Waals surface area contributed by atoms with Gasteiger partial charge in [-0.25, -0.2) is 14.7 Å². The zero-order valence-electron chi connectivity index (χ0n) is 9.80. The van der Waals surface area contributed by atoms with Crippen molar-refractivity contribution < 1.29 is 19.2 Å². The van der Waals surface area contributed by atoms with Gasteiger partial charge in [0.1, 0.15) is 5.75 Å². The largest absolute Gasteiger partial charge is 0.508 e. The van der Waals surface area contributed by atoms with Crippen LogP contribution in [-0.2, 0) is 4.74 Å². The summed E-state index contributed by atoms with van der Waals surface area (Å²) in [4.78, 5) is 34.6. The van der Waals surface area contributed by atoms with Gasteiger partial charge in [-0.3, -0.25) is 4.79 Å². The lowest BCUT2D eigenvalue weighted by Crippen LogP contribution is -2.28. The van der Waals surface area contributed by atoms with Gasteiger partial charge in [-0.1, -0.05) is 12.1 Å². The molecule has 0 amide bonds. The number of hydrogen-bond acceptors (Lipinski definition) is 6. The second-order valence-electron chi connectivity index (χ2n) is 3.61. The maximum Gasteiger partial charge on any atom is 0.403 e. The maximum atomic E-state index is 11.8. The fraction of sp³-hybridized carbons (Fsp3) is 0.0833. The minimum absolute atomic E-state index is 0.0113. The summed E-state index contributed by atoms with van der Waals surface area (Å²) < 4.78 is 8.85. The first-order valence-corrected chi connectivity index (χ1v) is 5.18. The molecule has 0 fully saturated rings. The monoisotopic (exact) mass is 263 g/mol. The topological polar surface area (TPSA) is 110 Å². The molecule has 19 heavy (non-hydrogen) atoms. The van der Waals surface area contributed by atoms with Crippen molar-refractivity contribution in [3.63, 3.8) is 0 Å². The summed E-state index contributed by atoms with van der Waals surface area (Å²) in [5.74, 6) is -0.855. The number of aromatic amines is 1. The van der Waals surface area contributed by atoms with Gasteiger partial charge in [0.15, 0.2) is 5.69 Å². The summed E-state index contributed by atoms with van der Waals surface area (Å²) in [6.07, 6.45) is 0. The molecule has 0 aliphatic carbocycles. The number of H-pyrrole nitrogens is 1. The average Bonchev–Trinajstić information content (AvgIpc) is 2.42. The van der Waals surface area contributed by atoms with Crippen molar-refractivity contribution in [2.75, 3.05) is 7.11 Å². The average molecular weight is 263 g/mol. The van der Waals surface area contributed by atoms with Crippen LogP contribution in [0.1, 0.15) is 10.5 Å². The van der Waals surface area contributed by atoms with Gasteiger partial charge in [0.2, 0.25) is 0 Å². The molecule has 2 rings (SSSR count). The van der Waals surface area contributed by atoms with Crippen molar-refractivity contribution in [3.8, 4) is 16.9 Å². The summed E-state index contributed by atoms with van der Waals surface area (Å²) in [7, 11) is 1.13. The number of phenols is 1. The van der Waals surface area contributed by atoms with Crippen LogP contribution < -0.4 is 11.1 Å². The van der Waals surface area contributed by atoms with Crippen molar-refractivity contribution in [3.05, 3.63) is 50.6 Å². The summed E-state index contributed by atoms with van der Waals surface area (Å²) in [5, 5.41) is 11.3. The SMILES string of the molecule is COC(=O)c1[nH]oc(=O)c(=O)c1-c1ccc(O)cc1. The molecule has 0 aliphatic rings. The van der Waals surface area contributed by atoms with E-state index < -0.39 is 17.0 Å². The van der Waals surface area contributed by atoms with Crippen molar-refractivity contribution in [1.82, 2.24) is 5.16 Å². The van der Waals surface area contributed by atoms with Gasteiger partial charge in [-0.15, -0.1) is 0 Å². The number of hydrogen-bond donors (Lipinski definition) is 2. The number of rotatable bonds is 2. The molecule has 0 bridgehead atoms. The van der Waals surface area contributed by atoms with Crippen LogP contribution in [0.2, 0.25) is 0 Å². The van der Waals surface area contributed by atoms with Gasteiger partial charge in [0, 0.05) is 0 Å². The number of benzene rings is 1. The predicted molar refractivity (Wildman–Crippen MR) is 64.0 cm³/mol. The Kier molecular flexibility index (Phi) is 3.19. The first-order valence-electron chi connectivity index (χ1n) is 5.18. The molecule has 7 nitrogen and oxygen atoms in total. The van der Waals surface area contributed by atoms with E-state index in [-0.39, 0.29) is 22.6 Å². The number of esters is 1. The molecule has 2 aromatic rings. The number of aromatic nitrogens is 1. The first kappa shape index (κ1) is 12.6. The van der Waals surface area contributed by atoms with Crippen LogP contribution in [0.3, 0.4) is 0 Å². The molecule has 0 unspecified atom stereocenters. The minimum atomic E-state index is -1.13. The van der Waals surface area contributed by atoms with Gasteiger partial charge in [0.25, 0.3) is 5.43 Å².